The lowest BCUT2D eigenvalue weighted by Gasteiger charge is -2.09. The van der Waals surface area contributed by atoms with E-state index in [1.807, 2.05) is 24.3 Å². The summed E-state index contributed by atoms with van der Waals surface area (Å²) in [5.41, 5.74) is 1.78. The van der Waals surface area contributed by atoms with E-state index in [0.717, 1.165) is 22.0 Å². The lowest BCUT2D eigenvalue weighted by atomic mass is 10.3. The van der Waals surface area contributed by atoms with Gasteiger partial charge in [-0.3, -0.25) is 4.79 Å². The van der Waals surface area contributed by atoms with Gasteiger partial charge in [-0.15, -0.1) is 11.3 Å². The first-order valence-electron chi connectivity index (χ1n) is 9.94. The van der Waals surface area contributed by atoms with Crippen LogP contribution >= 0.6 is 23.1 Å². The molecule has 0 aliphatic carbocycles. The highest BCUT2D eigenvalue weighted by Gasteiger charge is 2.18. The van der Waals surface area contributed by atoms with Crippen molar-refractivity contribution in [2.75, 3.05) is 17.9 Å². The average molecular weight is 480 g/mol. The molecule has 1 N–H and O–H groups in total. The highest BCUT2D eigenvalue weighted by Crippen LogP contribution is 2.34. The molecule has 0 saturated heterocycles. The predicted molar refractivity (Wildman–Crippen MR) is 125 cm³/mol. The van der Waals surface area contributed by atoms with Gasteiger partial charge in [0.25, 0.3) is 0 Å². The van der Waals surface area contributed by atoms with Crippen LogP contribution < -0.4 is 14.8 Å². The molecule has 0 spiro atoms. The Hall–Kier alpha value is -3.63. The van der Waals surface area contributed by atoms with Crippen LogP contribution in [0.3, 0.4) is 0 Å². The third-order valence-electron chi connectivity index (χ3n) is 4.65. The molecule has 2 aromatic carbocycles. The van der Waals surface area contributed by atoms with E-state index in [-0.39, 0.29) is 25.1 Å². The summed E-state index contributed by atoms with van der Waals surface area (Å²) in [7, 11) is 0. The molecule has 33 heavy (non-hydrogen) atoms. The van der Waals surface area contributed by atoms with E-state index in [0.29, 0.717) is 32.8 Å². The van der Waals surface area contributed by atoms with Crippen LogP contribution in [0.4, 0.5) is 5.69 Å². The molecule has 0 saturated carbocycles. The maximum absolute atomic E-state index is 12.7. The number of ether oxygens (including phenoxy) is 3. The van der Waals surface area contributed by atoms with E-state index in [4.69, 9.17) is 14.2 Å². The van der Waals surface area contributed by atoms with Crippen molar-refractivity contribution in [2.45, 2.75) is 11.6 Å². The number of rotatable bonds is 7. The molecule has 8 nitrogen and oxygen atoms in total. The predicted octanol–water partition coefficient (Wildman–Crippen LogP) is 4.51. The highest BCUT2D eigenvalue weighted by atomic mass is 32.2. The highest BCUT2D eigenvalue weighted by molar-refractivity contribution is 8.00. The zero-order valence-electron chi connectivity index (χ0n) is 17.1. The first-order chi connectivity index (χ1) is 16.2. The Morgan fingerprint density at radius 1 is 1.09 bits per heavy atom. The monoisotopic (exact) mass is 479 g/mol. The smallest absolute Gasteiger partial charge is 0.341 e. The number of nitrogens with one attached hydrogen (secondary N) is 1. The molecule has 166 valence electrons. The normalized spacial score (nSPS) is 12.0. The van der Waals surface area contributed by atoms with E-state index >= 15 is 0 Å². The molecule has 5 rings (SSSR count). The topological polar surface area (TPSA) is 99.6 Å². The second kappa shape index (κ2) is 9.47. The zero-order chi connectivity index (χ0) is 22.6. The van der Waals surface area contributed by atoms with Gasteiger partial charge in [-0.25, -0.2) is 14.8 Å². The fourth-order valence-electron chi connectivity index (χ4n) is 3.15. The molecule has 0 bridgehead atoms. The Bertz CT molecular complexity index is 1310. The third-order valence-corrected chi connectivity index (χ3v) is 6.67. The number of carbonyl (C=O) groups excluding carboxylic acids is 2. The Labute approximate surface area is 196 Å². The lowest BCUT2D eigenvalue weighted by Crippen LogP contribution is -2.15. The number of anilines is 1. The summed E-state index contributed by atoms with van der Waals surface area (Å²) in [6.45, 7) is 0.238. The number of nitrogens with zero attached hydrogens (tertiary/aromatic N) is 2. The molecule has 3 heterocycles. The van der Waals surface area contributed by atoms with Crippen molar-refractivity contribution in [3.63, 3.8) is 0 Å². The van der Waals surface area contributed by atoms with Gasteiger partial charge in [0, 0.05) is 18.0 Å². The van der Waals surface area contributed by atoms with Crippen molar-refractivity contribution in [1.82, 2.24) is 9.97 Å². The van der Waals surface area contributed by atoms with Crippen molar-refractivity contribution in [3.8, 4) is 11.5 Å². The van der Waals surface area contributed by atoms with E-state index in [2.05, 4.69) is 15.3 Å². The van der Waals surface area contributed by atoms with Gasteiger partial charge >= 0.3 is 5.97 Å². The van der Waals surface area contributed by atoms with Crippen LogP contribution in [0.1, 0.15) is 15.4 Å². The van der Waals surface area contributed by atoms with Crippen LogP contribution in [-0.4, -0.2) is 34.4 Å². The van der Waals surface area contributed by atoms with Gasteiger partial charge in [0.1, 0.15) is 16.6 Å². The van der Waals surface area contributed by atoms with Gasteiger partial charge in [-0.1, -0.05) is 23.9 Å². The molecule has 4 aromatic rings. The maximum Gasteiger partial charge on any atom is 0.341 e. The third kappa shape index (κ3) is 4.91. The molecule has 10 heteroatoms. The Kier molecular flexibility index (Phi) is 6.09. The van der Waals surface area contributed by atoms with Crippen LogP contribution in [0.5, 0.6) is 11.5 Å². The summed E-state index contributed by atoms with van der Waals surface area (Å²) in [4.78, 5) is 33.8. The summed E-state index contributed by atoms with van der Waals surface area (Å²) in [6.07, 6.45) is 1.57. The Morgan fingerprint density at radius 2 is 1.97 bits per heavy atom. The molecule has 0 fully saturated rings. The number of fused-ring (bicyclic) bond motifs is 2. The molecule has 1 amide bonds. The number of thioether (sulfide) groups is 1. The van der Waals surface area contributed by atoms with Gasteiger partial charge in [0.2, 0.25) is 12.7 Å². The van der Waals surface area contributed by atoms with Crippen LogP contribution in [-0.2, 0) is 16.1 Å². The van der Waals surface area contributed by atoms with E-state index in [9.17, 15) is 9.59 Å². The lowest BCUT2D eigenvalue weighted by molar-refractivity contribution is -0.113. The van der Waals surface area contributed by atoms with Crippen molar-refractivity contribution in [2.24, 2.45) is 0 Å². The van der Waals surface area contributed by atoms with E-state index < -0.39 is 5.97 Å². The Balaban J connectivity index is 1.19. The van der Waals surface area contributed by atoms with Crippen molar-refractivity contribution < 1.29 is 23.8 Å². The Morgan fingerprint density at radius 3 is 2.88 bits per heavy atom. The summed E-state index contributed by atoms with van der Waals surface area (Å²) >= 11 is 2.64. The second-order valence-corrected chi connectivity index (χ2v) is 8.99. The standard InChI is InChI=1S/C23H17N3O5S2/c27-20(25-14-7-8-17-18(10-14)31-13-30-17)12-32-22-15(4-3-9-24-22)23(28)29-11-21-26-16-5-1-2-6-19(16)33-21/h1-10H,11-13H2,(H,25,27). The number of thiazole rings is 1. The van der Waals surface area contributed by atoms with Crippen LogP contribution in [0.2, 0.25) is 0 Å². The van der Waals surface area contributed by atoms with Crippen molar-refractivity contribution in [3.05, 3.63) is 71.4 Å². The zero-order valence-corrected chi connectivity index (χ0v) is 18.8. The van der Waals surface area contributed by atoms with Crippen molar-refractivity contribution in [1.29, 1.82) is 0 Å². The number of hydrogen-bond acceptors (Lipinski definition) is 9. The fourth-order valence-corrected chi connectivity index (χ4v) is 4.82. The minimum atomic E-state index is -0.513. The molecule has 0 unspecified atom stereocenters. The molecular formula is C23H17N3O5S2. The quantitative estimate of drug-likeness (QED) is 0.305. The van der Waals surface area contributed by atoms with Gasteiger partial charge < -0.3 is 19.5 Å². The van der Waals surface area contributed by atoms with E-state index in [1.54, 1.807) is 36.5 Å². The summed E-state index contributed by atoms with van der Waals surface area (Å²) in [6, 6.07) is 16.2. The molecule has 1 aliphatic rings. The molecule has 0 atom stereocenters. The summed E-state index contributed by atoms with van der Waals surface area (Å²) < 4.78 is 17.1. The maximum atomic E-state index is 12.7. The number of hydrogen-bond donors (Lipinski definition) is 1. The first-order valence-corrected chi connectivity index (χ1v) is 11.7. The molecular weight excluding hydrogens is 462 g/mol. The second-order valence-electron chi connectivity index (χ2n) is 6.91. The van der Waals surface area contributed by atoms with Gasteiger partial charge in [-0.05, 0) is 36.4 Å². The molecule has 0 radical (unpaired) electrons. The largest absolute Gasteiger partial charge is 0.455 e. The molecule has 1 aliphatic heterocycles. The summed E-state index contributed by atoms with van der Waals surface area (Å²) in [5.74, 6) is 0.552. The van der Waals surface area contributed by atoms with Crippen LogP contribution in [0, 0.1) is 0 Å². The number of pyridine rings is 1. The van der Waals surface area contributed by atoms with Gasteiger partial charge in [-0.2, -0.15) is 0 Å². The van der Waals surface area contributed by atoms with Gasteiger partial charge in [0.05, 0.1) is 21.5 Å². The molecule has 2 aromatic heterocycles. The SMILES string of the molecule is O=C(CSc1ncccc1C(=O)OCc1nc2ccccc2s1)Nc1ccc2c(c1)OCO2. The van der Waals surface area contributed by atoms with Crippen molar-refractivity contribution >= 4 is 50.9 Å². The van der Waals surface area contributed by atoms with Gasteiger partial charge in [0.15, 0.2) is 11.5 Å². The number of benzene rings is 2. The minimum Gasteiger partial charge on any atom is -0.455 e. The van der Waals surface area contributed by atoms with Crippen LogP contribution in [0.25, 0.3) is 10.2 Å². The minimum absolute atomic E-state index is 0.0712. The number of esters is 1. The number of para-hydroxylation sites is 1. The number of amides is 1. The number of aromatic nitrogens is 2. The number of carbonyl (C=O) groups is 2. The fraction of sp³-hybridized carbons (Fsp3) is 0.130. The summed E-state index contributed by atoms with van der Waals surface area (Å²) in [5, 5.41) is 3.94. The average Bonchev–Trinajstić information content (AvgIpc) is 3.47. The van der Waals surface area contributed by atoms with Crippen LogP contribution in [0.15, 0.2) is 65.8 Å². The first kappa shape index (κ1) is 21.2. The van der Waals surface area contributed by atoms with E-state index in [1.165, 1.54) is 11.3 Å².